The number of halogens is 2. The van der Waals surface area contributed by atoms with Crippen molar-refractivity contribution in [1.82, 2.24) is 5.32 Å². The fourth-order valence-corrected chi connectivity index (χ4v) is 2.56. The Hall–Kier alpha value is -0.670. The van der Waals surface area contributed by atoms with Gasteiger partial charge in [0.1, 0.15) is 5.82 Å². The fourth-order valence-electron chi connectivity index (χ4n) is 2.05. The van der Waals surface area contributed by atoms with Crippen molar-refractivity contribution in [2.45, 2.75) is 32.2 Å². The van der Waals surface area contributed by atoms with Crippen molar-refractivity contribution in [1.29, 1.82) is 0 Å². The standard InChI is InChI=1S/C15H19BrFN/c1-3-15(2,10-18-14-4-5-14)9-11-6-12(16)8-13(17)7-11/h3,6-8,14,18H,1,4-5,9-10H2,2H3. The largest absolute Gasteiger partial charge is 0.313 e. The lowest BCUT2D eigenvalue weighted by atomic mass is 9.83. The van der Waals surface area contributed by atoms with Gasteiger partial charge < -0.3 is 5.32 Å². The van der Waals surface area contributed by atoms with Crippen molar-refractivity contribution in [3.8, 4) is 0 Å². The molecule has 18 heavy (non-hydrogen) atoms. The van der Waals surface area contributed by atoms with E-state index >= 15 is 0 Å². The minimum atomic E-state index is -0.194. The lowest BCUT2D eigenvalue weighted by Crippen LogP contribution is -2.33. The summed E-state index contributed by atoms with van der Waals surface area (Å²) in [5.74, 6) is -0.194. The number of hydrogen-bond acceptors (Lipinski definition) is 1. The van der Waals surface area contributed by atoms with Crippen LogP contribution in [0.3, 0.4) is 0 Å². The molecule has 3 heteroatoms. The Bertz CT molecular complexity index is 422. The monoisotopic (exact) mass is 311 g/mol. The zero-order valence-corrected chi connectivity index (χ0v) is 12.3. The van der Waals surface area contributed by atoms with Crippen LogP contribution in [0.15, 0.2) is 35.3 Å². The van der Waals surface area contributed by atoms with E-state index in [1.165, 1.54) is 18.9 Å². The molecule has 1 fully saturated rings. The molecule has 98 valence electrons. The number of rotatable bonds is 6. The summed E-state index contributed by atoms with van der Waals surface area (Å²) in [6, 6.07) is 5.74. The zero-order chi connectivity index (χ0) is 13.2. The van der Waals surface area contributed by atoms with Gasteiger partial charge in [-0.1, -0.05) is 28.9 Å². The molecule has 1 aromatic carbocycles. The maximum atomic E-state index is 13.4. The molecular formula is C15H19BrFN. The molecule has 0 bridgehead atoms. The van der Waals surface area contributed by atoms with Crippen LogP contribution in [0, 0.1) is 11.2 Å². The molecule has 1 aliphatic carbocycles. The lowest BCUT2D eigenvalue weighted by molar-refractivity contribution is 0.388. The van der Waals surface area contributed by atoms with Crippen LogP contribution in [-0.4, -0.2) is 12.6 Å². The van der Waals surface area contributed by atoms with Crippen molar-refractivity contribution < 1.29 is 4.39 Å². The molecule has 0 aromatic heterocycles. The molecule has 1 aliphatic rings. The third-order valence-corrected chi connectivity index (χ3v) is 3.85. The van der Waals surface area contributed by atoms with E-state index < -0.39 is 0 Å². The molecular weight excluding hydrogens is 293 g/mol. The maximum absolute atomic E-state index is 13.4. The number of benzene rings is 1. The quantitative estimate of drug-likeness (QED) is 0.781. The van der Waals surface area contributed by atoms with Crippen LogP contribution in [0.4, 0.5) is 4.39 Å². The molecule has 1 nitrogen and oxygen atoms in total. The topological polar surface area (TPSA) is 12.0 Å². The molecule has 1 unspecified atom stereocenters. The Morgan fingerprint density at radius 1 is 1.50 bits per heavy atom. The second-order valence-corrected chi connectivity index (χ2v) is 6.38. The molecule has 0 saturated heterocycles. The van der Waals surface area contributed by atoms with Gasteiger partial charge in [0.2, 0.25) is 0 Å². The van der Waals surface area contributed by atoms with Crippen LogP contribution < -0.4 is 5.32 Å². The van der Waals surface area contributed by atoms with E-state index in [4.69, 9.17) is 0 Å². The molecule has 0 spiro atoms. The van der Waals surface area contributed by atoms with E-state index in [-0.39, 0.29) is 11.2 Å². The van der Waals surface area contributed by atoms with Gasteiger partial charge in [-0.2, -0.15) is 0 Å². The fraction of sp³-hybridized carbons (Fsp3) is 0.467. The minimum absolute atomic E-state index is 0.0319. The normalized spacial score (nSPS) is 18.4. The highest BCUT2D eigenvalue weighted by atomic mass is 79.9. The van der Waals surface area contributed by atoms with Crippen LogP contribution in [0.25, 0.3) is 0 Å². The van der Waals surface area contributed by atoms with Crippen LogP contribution in [0.1, 0.15) is 25.3 Å². The van der Waals surface area contributed by atoms with E-state index in [1.807, 2.05) is 12.1 Å². The van der Waals surface area contributed by atoms with E-state index in [0.717, 1.165) is 23.0 Å². The van der Waals surface area contributed by atoms with Gasteiger partial charge in [-0.3, -0.25) is 0 Å². The Morgan fingerprint density at radius 2 is 2.22 bits per heavy atom. The van der Waals surface area contributed by atoms with Crippen LogP contribution in [0.5, 0.6) is 0 Å². The predicted octanol–water partition coefficient (Wildman–Crippen LogP) is 4.08. The van der Waals surface area contributed by atoms with Gasteiger partial charge in [0, 0.05) is 22.5 Å². The lowest BCUT2D eigenvalue weighted by Gasteiger charge is -2.26. The van der Waals surface area contributed by atoms with Gasteiger partial charge in [0.15, 0.2) is 0 Å². The highest BCUT2D eigenvalue weighted by Gasteiger charge is 2.26. The third kappa shape index (κ3) is 3.92. The van der Waals surface area contributed by atoms with Crippen molar-refractivity contribution >= 4 is 15.9 Å². The average molecular weight is 312 g/mol. The first-order valence-corrected chi connectivity index (χ1v) is 7.12. The smallest absolute Gasteiger partial charge is 0.124 e. The van der Waals surface area contributed by atoms with E-state index in [1.54, 1.807) is 6.07 Å². The SMILES string of the molecule is C=CC(C)(CNC1CC1)Cc1cc(F)cc(Br)c1. The van der Waals surface area contributed by atoms with Gasteiger partial charge in [-0.05, 0) is 43.0 Å². The van der Waals surface area contributed by atoms with Gasteiger partial charge in [0.05, 0.1) is 0 Å². The average Bonchev–Trinajstić information content (AvgIpc) is 3.09. The summed E-state index contributed by atoms with van der Waals surface area (Å²) in [7, 11) is 0. The van der Waals surface area contributed by atoms with E-state index in [9.17, 15) is 4.39 Å². The molecule has 1 saturated carbocycles. The summed E-state index contributed by atoms with van der Waals surface area (Å²) in [5, 5.41) is 3.52. The molecule has 2 rings (SSSR count). The molecule has 1 aromatic rings. The summed E-state index contributed by atoms with van der Waals surface area (Å²) >= 11 is 3.33. The number of nitrogens with one attached hydrogen (secondary N) is 1. The number of hydrogen-bond donors (Lipinski definition) is 1. The Balaban J connectivity index is 2.04. The molecule has 0 heterocycles. The highest BCUT2D eigenvalue weighted by Crippen LogP contribution is 2.27. The highest BCUT2D eigenvalue weighted by molar-refractivity contribution is 9.10. The van der Waals surface area contributed by atoms with Gasteiger partial charge in [0.25, 0.3) is 0 Å². The first kappa shape index (κ1) is 13.8. The van der Waals surface area contributed by atoms with Gasteiger partial charge >= 0.3 is 0 Å². The van der Waals surface area contributed by atoms with Crippen molar-refractivity contribution in [3.63, 3.8) is 0 Å². The first-order chi connectivity index (χ1) is 8.50. The predicted molar refractivity (Wildman–Crippen MR) is 77.1 cm³/mol. The van der Waals surface area contributed by atoms with Crippen LogP contribution in [0.2, 0.25) is 0 Å². The minimum Gasteiger partial charge on any atom is -0.313 e. The second kappa shape index (κ2) is 5.54. The summed E-state index contributed by atoms with van der Waals surface area (Å²) < 4.78 is 14.2. The maximum Gasteiger partial charge on any atom is 0.124 e. The molecule has 0 radical (unpaired) electrons. The zero-order valence-electron chi connectivity index (χ0n) is 10.7. The van der Waals surface area contributed by atoms with E-state index in [2.05, 4.69) is 34.7 Å². The molecule has 1 N–H and O–H groups in total. The summed E-state index contributed by atoms with van der Waals surface area (Å²) in [4.78, 5) is 0. The summed E-state index contributed by atoms with van der Waals surface area (Å²) in [5.41, 5.74) is 0.970. The molecule has 0 aliphatic heterocycles. The van der Waals surface area contributed by atoms with E-state index in [0.29, 0.717) is 6.04 Å². The summed E-state index contributed by atoms with van der Waals surface area (Å²) in [6.45, 7) is 6.99. The van der Waals surface area contributed by atoms with Crippen LogP contribution >= 0.6 is 15.9 Å². The van der Waals surface area contributed by atoms with Crippen LogP contribution in [-0.2, 0) is 6.42 Å². The Labute approximate surface area is 117 Å². The van der Waals surface area contributed by atoms with Crippen molar-refractivity contribution in [2.24, 2.45) is 5.41 Å². The molecule has 1 atom stereocenters. The van der Waals surface area contributed by atoms with Crippen molar-refractivity contribution in [3.05, 3.63) is 46.7 Å². The summed E-state index contributed by atoms with van der Waals surface area (Å²) in [6.07, 6.45) is 5.32. The van der Waals surface area contributed by atoms with Gasteiger partial charge in [-0.15, -0.1) is 6.58 Å². The molecule has 0 amide bonds. The first-order valence-electron chi connectivity index (χ1n) is 6.33. The van der Waals surface area contributed by atoms with Crippen molar-refractivity contribution in [2.75, 3.05) is 6.54 Å². The van der Waals surface area contributed by atoms with Gasteiger partial charge in [-0.25, -0.2) is 4.39 Å². The Kier molecular flexibility index (Phi) is 4.23. The Morgan fingerprint density at radius 3 is 2.78 bits per heavy atom. The second-order valence-electron chi connectivity index (χ2n) is 5.47. The third-order valence-electron chi connectivity index (χ3n) is 3.40.